The molecular formula is C14H23N5O2. The van der Waals surface area contributed by atoms with E-state index < -0.39 is 11.9 Å². The van der Waals surface area contributed by atoms with E-state index in [9.17, 15) is 4.79 Å². The Morgan fingerprint density at radius 1 is 1.38 bits per heavy atom. The van der Waals surface area contributed by atoms with E-state index in [1.165, 1.54) is 0 Å². The Morgan fingerprint density at radius 3 is 2.62 bits per heavy atom. The molecule has 0 aliphatic carbocycles. The minimum absolute atomic E-state index is 0.231. The largest absolute Gasteiger partial charge is 0.383 e. The molecule has 1 aliphatic heterocycles. The number of nitrogens with zero attached hydrogens (tertiary/aromatic N) is 3. The van der Waals surface area contributed by atoms with Gasteiger partial charge in [-0.05, 0) is 6.92 Å². The van der Waals surface area contributed by atoms with Crippen molar-refractivity contribution < 1.29 is 9.53 Å². The van der Waals surface area contributed by atoms with Crippen LogP contribution in [0.4, 0.5) is 11.6 Å². The minimum atomic E-state index is -0.528. The van der Waals surface area contributed by atoms with Gasteiger partial charge in [0.05, 0.1) is 13.2 Å². The van der Waals surface area contributed by atoms with Gasteiger partial charge in [-0.25, -0.2) is 9.97 Å². The van der Waals surface area contributed by atoms with Crippen LogP contribution in [0.15, 0.2) is 0 Å². The van der Waals surface area contributed by atoms with Crippen molar-refractivity contribution in [3.63, 3.8) is 0 Å². The Kier molecular flexibility index (Phi) is 4.04. The summed E-state index contributed by atoms with van der Waals surface area (Å²) < 4.78 is 5.35. The molecule has 1 aromatic rings. The lowest BCUT2D eigenvalue weighted by Crippen LogP contribution is -2.53. The van der Waals surface area contributed by atoms with Crippen molar-refractivity contribution in [3.8, 4) is 0 Å². The predicted molar refractivity (Wildman–Crippen MR) is 81.0 cm³/mol. The second kappa shape index (κ2) is 5.48. The average molecular weight is 293 g/mol. The molecule has 1 unspecified atom stereocenters. The first-order valence-corrected chi connectivity index (χ1v) is 7.00. The van der Waals surface area contributed by atoms with Crippen molar-refractivity contribution in [2.45, 2.75) is 39.2 Å². The number of ether oxygens (including phenoxy) is 1. The summed E-state index contributed by atoms with van der Waals surface area (Å²) in [5.41, 5.74) is 12.0. The van der Waals surface area contributed by atoms with E-state index in [1.54, 1.807) is 0 Å². The van der Waals surface area contributed by atoms with Gasteiger partial charge in [0.2, 0.25) is 5.91 Å². The number of primary amides is 1. The number of hydrogen-bond acceptors (Lipinski definition) is 6. The number of amides is 1. The molecule has 7 nitrogen and oxygen atoms in total. The second-order valence-electron chi connectivity index (χ2n) is 6.32. The molecule has 0 aromatic carbocycles. The van der Waals surface area contributed by atoms with Gasteiger partial charge in [0.25, 0.3) is 0 Å². The normalized spacial score (nSPS) is 19.6. The smallest absolute Gasteiger partial charge is 0.242 e. The van der Waals surface area contributed by atoms with E-state index in [0.29, 0.717) is 30.6 Å². The Balaban J connectivity index is 2.51. The number of aromatic nitrogens is 2. The van der Waals surface area contributed by atoms with Crippen molar-refractivity contribution in [1.82, 2.24) is 9.97 Å². The van der Waals surface area contributed by atoms with Crippen LogP contribution in [0.3, 0.4) is 0 Å². The zero-order valence-corrected chi connectivity index (χ0v) is 13.0. The van der Waals surface area contributed by atoms with Gasteiger partial charge < -0.3 is 21.1 Å². The number of hydrogen-bond donors (Lipinski definition) is 2. The van der Waals surface area contributed by atoms with E-state index >= 15 is 0 Å². The first kappa shape index (κ1) is 15.5. The van der Waals surface area contributed by atoms with Gasteiger partial charge in [-0.2, -0.15) is 0 Å². The monoisotopic (exact) mass is 293 g/mol. The molecule has 0 bridgehead atoms. The number of nitrogens with two attached hydrogens (primary N) is 2. The zero-order valence-electron chi connectivity index (χ0n) is 13.0. The van der Waals surface area contributed by atoms with E-state index in [1.807, 2.05) is 32.6 Å². The van der Waals surface area contributed by atoms with Gasteiger partial charge in [-0.15, -0.1) is 0 Å². The van der Waals surface area contributed by atoms with Gasteiger partial charge >= 0.3 is 0 Å². The molecule has 4 N–H and O–H groups in total. The fourth-order valence-corrected chi connectivity index (χ4v) is 2.23. The molecule has 116 valence electrons. The standard InChI is InChI=1S/C14H23N5O2/c1-8-10(15)17-13(14(2,3)4)18-12(8)19-5-6-21-7-9(19)11(16)20/h9H,5-7H2,1-4H3,(H2,16,20)(H2,15,17,18). The molecule has 0 radical (unpaired) electrons. The van der Waals surface area contributed by atoms with Crippen molar-refractivity contribution in [1.29, 1.82) is 0 Å². The summed E-state index contributed by atoms with van der Waals surface area (Å²) in [6.07, 6.45) is 0. The van der Waals surface area contributed by atoms with Crippen molar-refractivity contribution in [3.05, 3.63) is 11.4 Å². The van der Waals surface area contributed by atoms with Crippen LogP contribution in [0.25, 0.3) is 0 Å². The molecule has 1 amide bonds. The topological polar surface area (TPSA) is 107 Å². The summed E-state index contributed by atoms with van der Waals surface area (Å²) >= 11 is 0. The molecule has 0 saturated carbocycles. The van der Waals surface area contributed by atoms with Crippen LogP contribution in [-0.2, 0) is 14.9 Å². The molecule has 21 heavy (non-hydrogen) atoms. The quantitative estimate of drug-likeness (QED) is 0.815. The lowest BCUT2D eigenvalue weighted by atomic mass is 9.95. The van der Waals surface area contributed by atoms with Gasteiger partial charge in [0.15, 0.2) is 0 Å². The third-order valence-electron chi connectivity index (χ3n) is 3.56. The molecular weight excluding hydrogens is 270 g/mol. The molecule has 1 fully saturated rings. The van der Waals surface area contributed by atoms with E-state index in [2.05, 4.69) is 9.97 Å². The fraction of sp³-hybridized carbons (Fsp3) is 0.643. The van der Waals surface area contributed by atoms with E-state index in [0.717, 1.165) is 5.56 Å². The second-order valence-corrected chi connectivity index (χ2v) is 6.32. The molecule has 7 heteroatoms. The van der Waals surface area contributed by atoms with Crippen LogP contribution < -0.4 is 16.4 Å². The number of nitrogen functional groups attached to an aromatic ring is 1. The fourth-order valence-electron chi connectivity index (χ4n) is 2.23. The molecule has 0 spiro atoms. The zero-order chi connectivity index (χ0) is 15.8. The number of anilines is 2. The van der Waals surface area contributed by atoms with Crippen molar-refractivity contribution >= 4 is 17.5 Å². The number of carbonyl (C=O) groups excluding carboxylic acids is 1. The van der Waals surface area contributed by atoms with Gasteiger partial charge in [0.1, 0.15) is 23.5 Å². The molecule has 1 aromatic heterocycles. The van der Waals surface area contributed by atoms with Crippen LogP contribution in [-0.4, -0.2) is 41.7 Å². The average Bonchev–Trinajstić information content (AvgIpc) is 2.40. The maximum Gasteiger partial charge on any atom is 0.242 e. The Morgan fingerprint density at radius 2 is 2.05 bits per heavy atom. The highest BCUT2D eigenvalue weighted by Crippen LogP contribution is 2.28. The van der Waals surface area contributed by atoms with Crippen LogP contribution >= 0.6 is 0 Å². The van der Waals surface area contributed by atoms with Crippen LogP contribution in [0.5, 0.6) is 0 Å². The van der Waals surface area contributed by atoms with Crippen LogP contribution in [0.1, 0.15) is 32.2 Å². The van der Waals surface area contributed by atoms with E-state index in [4.69, 9.17) is 16.2 Å². The molecule has 1 aliphatic rings. The highest BCUT2D eigenvalue weighted by Gasteiger charge is 2.31. The van der Waals surface area contributed by atoms with Crippen molar-refractivity contribution in [2.75, 3.05) is 30.4 Å². The Labute approximate surface area is 124 Å². The summed E-state index contributed by atoms with van der Waals surface area (Å²) in [6, 6.07) is -0.528. The third-order valence-corrected chi connectivity index (χ3v) is 3.56. The SMILES string of the molecule is Cc1c(N)nc(C(C)(C)C)nc1N1CCOCC1C(N)=O. The highest BCUT2D eigenvalue weighted by atomic mass is 16.5. The van der Waals surface area contributed by atoms with E-state index in [-0.39, 0.29) is 12.0 Å². The van der Waals surface area contributed by atoms with Gasteiger partial charge in [-0.3, -0.25) is 4.79 Å². The first-order valence-electron chi connectivity index (χ1n) is 7.00. The number of rotatable bonds is 2. The Hall–Kier alpha value is -1.89. The minimum Gasteiger partial charge on any atom is -0.383 e. The lowest BCUT2D eigenvalue weighted by molar-refractivity contribution is -0.121. The van der Waals surface area contributed by atoms with Gasteiger partial charge in [0, 0.05) is 17.5 Å². The summed E-state index contributed by atoms with van der Waals surface area (Å²) in [6.45, 7) is 9.25. The summed E-state index contributed by atoms with van der Waals surface area (Å²) in [5.74, 6) is 1.32. The summed E-state index contributed by atoms with van der Waals surface area (Å²) in [5, 5.41) is 0. The van der Waals surface area contributed by atoms with Crippen LogP contribution in [0.2, 0.25) is 0 Å². The molecule has 1 atom stereocenters. The Bertz CT molecular complexity index is 553. The molecule has 2 rings (SSSR count). The predicted octanol–water partition coefficient (Wildman–Crippen LogP) is 0.355. The number of morpholine rings is 1. The van der Waals surface area contributed by atoms with Crippen LogP contribution in [0, 0.1) is 6.92 Å². The summed E-state index contributed by atoms with van der Waals surface area (Å²) in [7, 11) is 0. The van der Waals surface area contributed by atoms with Crippen molar-refractivity contribution in [2.24, 2.45) is 5.73 Å². The molecule has 2 heterocycles. The maximum absolute atomic E-state index is 11.6. The first-order chi connectivity index (χ1) is 9.71. The molecule has 1 saturated heterocycles. The lowest BCUT2D eigenvalue weighted by Gasteiger charge is -2.36. The summed E-state index contributed by atoms with van der Waals surface area (Å²) in [4.78, 5) is 22.5. The highest BCUT2D eigenvalue weighted by molar-refractivity contribution is 5.84. The maximum atomic E-state index is 11.6. The third kappa shape index (κ3) is 3.07. The number of carbonyl (C=O) groups is 1. The van der Waals surface area contributed by atoms with Gasteiger partial charge in [-0.1, -0.05) is 20.8 Å².